The van der Waals surface area contributed by atoms with E-state index in [0.29, 0.717) is 0 Å². The van der Waals surface area contributed by atoms with Crippen LogP contribution in [0.25, 0.3) is 0 Å². The van der Waals surface area contributed by atoms with Crippen LogP contribution in [0.2, 0.25) is 0 Å². The van der Waals surface area contributed by atoms with Crippen LogP contribution in [0.15, 0.2) is 6.33 Å². The molecule has 1 fully saturated rings. The van der Waals surface area contributed by atoms with E-state index in [1.54, 1.807) is 6.33 Å². The van der Waals surface area contributed by atoms with E-state index < -0.39 is 0 Å². The molecule has 2 atom stereocenters. The van der Waals surface area contributed by atoms with E-state index in [0.717, 1.165) is 51.5 Å². The summed E-state index contributed by atoms with van der Waals surface area (Å²) < 4.78 is 7.74. The SMILES string of the molecule is CCCn1ncnc1CC(N)C1CN(CC)CCO1. The number of aromatic nitrogens is 3. The number of morpholine rings is 1. The van der Waals surface area contributed by atoms with Crippen LogP contribution in [-0.4, -0.2) is 58.1 Å². The molecular formula is C13H25N5O. The van der Waals surface area contributed by atoms with Gasteiger partial charge in [-0.15, -0.1) is 0 Å². The monoisotopic (exact) mass is 267 g/mol. The smallest absolute Gasteiger partial charge is 0.138 e. The van der Waals surface area contributed by atoms with Crippen molar-refractivity contribution in [2.75, 3.05) is 26.2 Å². The van der Waals surface area contributed by atoms with E-state index in [9.17, 15) is 0 Å². The Morgan fingerprint density at radius 1 is 1.53 bits per heavy atom. The molecule has 0 amide bonds. The first kappa shape index (κ1) is 14.4. The molecule has 2 N–H and O–H groups in total. The second-order valence-electron chi connectivity index (χ2n) is 5.07. The van der Waals surface area contributed by atoms with Crippen LogP contribution >= 0.6 is 0 Å². The number of hydrogen-bond acceptors (Lipinski definition) is 5. The van der Waals surface area contributed by atoms with Crippen LogP contribution in [0.3, 0.4) is 0 Å². The quantitative estimate of drug-likeness (QED) is 0.801. The number of likely N-dealkylation sites (N-methyl/N-ethyl adjacent to an activating group) is 1. The van der Waals surface area contributed by atoms with Gasteiger partial charge in [0.2, 0.25) is 0 Å². The zero-order valence-corrected chi connectivity index (χ0v) is 12.0. The van der Waals surface area contributed by atoms with Crippen molar-refractivity contribution in [3.05, 3.63) is 12.2 Å². The lowest BCUT2D eigenvalue weighted by atomic mass is 10.1. The molecule has 0 aromatic carbocycles. The minimum atomic E-state index is -0.0193. The summed E-state index contributed by atoms with van der Waals surface area (Å²) in [4.78, 5) is 6.69. The van der Waals surface area contributed by atoms with Crippen molar-refractivity contribution in [1.29, 1.82) is 0 Å². The minimum absolute atomic E-state index is 0.0193. The van der Waals surface area contributed by atoms with E-state index in [-0.39, 0.29) is 12.1 Å². The van der Waals surface area contributed by atoms with Gasteiger partial charge in [0.15, 0.2) is 0 Å². The van der Waals surface area contributed by atoms with Gasteiger partial charge in [0.25, 0.3) is 0 Å². The molecule has 6 heteroatoms. The Labute approximate surface area is 114 Å². The Morgan fingerprint density at radius 2 is 2.37 bits per heavy atom. The van der Waals surface area contributed by atoms with Gasteiger partial charge >= 0.3 is 0 Å². The fourth-order valence-electron chi connectivity index (χ4n) is 2.46. The third kappa shape index (κ3) is 3.75. The summed E-state index contributed by atoms with van der Waals surface area (Å²) in [6.07, 6.45) is 3.48. The summed E-state index contributed by atoms with van der Waals surface area (Å²) in [6, 6.07) is -0.0193. The van der Waals surface area contributed by atoms with E-state index in [1.165, 1.54) is 0 Å². The van der Waals surface area contributed by atoms with E-state index in [1.807, 2.05) is 4.68 Å². The maximum Gasteiger partial charge on any atom is 0.138 e. The molecule has 1 aliphatic heterocycles. The number of hydrogen-bond donors (Lipinski definition) is 1. The predicted molar refractivity (Wildman–Crippen MR) is 73.8 cm³/mol. The molecule has 2 unspecified atom stereocenters. The molecule has 0 saturated carbocycles. The van der Waals surface area contributed by atoms with Crippen molar-refractivity contribution >= 4 is 0 Å². The van der Waals surface area contributed by atoms with Crippen LogP contribution < -0.4 is 5.73 Å². The third-order valence-corrected chi connectivity index (χ3v) is 3.65. The molecule has 0 bridgehead atoms. The molecule has 0 radical (unpaired) electrons. The first-order chi connectivity index (χ1) is 9.24. The van der Waals surface area contributed by atoms with Gasteiger partial charge in [-0.1, -0.05) is 13.8 Å². The van der Waals surface area contributed by atoms with Crippen LogP contribution in [0.5, 0.6) is 0 Å². The molecule has 0 aliphatic carbocycles. The summed E-state index contributed by atoms with van der Waals surface area (Å²) in [5, 5.41) is 4.23. The predicted octanol–water partition coefficient (Wildman–Crippen LogP) is 0.279. The first-order valence-electron chi connectivity index (χ1n) is 7.20. The summed E-state index contributed by atoms with van der Waals surface area (Å²) in [7, 11) is 0. The average molecular weight is 267 g/mol. The molecule has 2 rings (SSSR count). The van der Waals surface area contributed by atoms with Gasteiger partial charge < -0.3 is 10.5 Å². The zero-order chi connectivity index (χ0) is 13.7. The van der Waals surface area contributed by atoms with E-state index in [4.69, 9.17) is 10.5 Å². The first-order valence-corrected chi connectivity index (χ1v) is 7.20. The maximum atomic E-state index is 6.29. The summed E-state index contributed by atoms with van der Waals surface area (Å²) in [6.45, 7) is 8.95. The number of nitrogens with two attached hydrogens (primary N) is 1. The van der Waals surface area contributed by atoms with Crippen molar-refractivity contribution in [2.45, 2.75) is 45.4 Å². The minimum Gasteiger partial charge on any atom is -0.374 e. The molecule has 6 nitrogen and oxygen atoms in total. The Bertz CT molecular complexity index is 381. The van der Waals surface area contributed by atoms with Crippen molar-refractivity contribution in [2.24, 2.45) is 5.73 Å². The largest absolute Gasteiger partial charge is 0.374 e. The third-order valence-electron chi connectivity index (χ3n) is 3.65. The van der Waals surface area contributed by atoms with Gasteiger partial charge in [0.05, 0.1) is 12.7 Å². The lowest BCUT2D eigenvalue weighted by Crippen LogP contribution is -2.51. The van der Waals surface area contributed by atoms with E-state index in [2.05, 4.69) is 28.8 Å². The van der Waals surface area contributed by atoms with Gasteiger partial charge in [0.1, 0.15) is 12.2 Å². The zero-order valence-electron chi connectivity index (χ0n) is 12.0. The number of ether oxygens (including phenoxy) is 1. The topological polar surface area (TPSA) is 69.2 Å². The maximum absolute atomic E-state index is 6.29. The summed E-state index contributed by atoms with van der Waals surface area (Å²) >= 11 is 0. The normalized spacial score (nSPS) is 22.6. The Morgan fingerprint density at radius 3 is 3.11 bits per heavy atom. The molecule has 2 heterocycles. The Kier molecular flexibility index (Phi) is 5.30. The molecule has 1 saturated heterocycles. The Balaban J connectivity index is 1.92. The summed E-state index contributed by atoms with van der Waals surface area (Å²) in [5.74, 6) is 0.964. The molecule has 0 spiro atoms. The lowest BCUT2D eigenvalue weighted by molar-refractivity contribution is -0.0389. The van der Waals surface area contributed by atoms with Crippen molar-refractivity contribution in [1.82, 2.24) is 19.7 Å². The highest BCUT2D eigenvalue weighted by Crippen LogP contribution is 2.11. The highest BCUT2D eigenvalue weighted by molar-refractivity contribution is 4.93. The molecule has 19 heavy (non-hydrogen) atoms. The van der Waals surface area contributed by atoms with Gasteiger partial charge in [0, 0.05) is 32.1 Å². The van der Waals surface area contributed by atoms with Crippen LogP contribution in [0, 0.1) is 0 Å². The fraction of sp³-hybridized carbons (Fsp3) is 0.846. The molecule has 1 aliphatic rings. The van der Waals surface area contributed by atoms with Gasteiger partial charge in [-0.2, -0.15) is 5.10 Å². The highest BCUT2D eigenvalue weighted by atomic mass is 16.5. The second-order valence-corrected chi connectivity index (χ2v) is 5.07. The number of aryl methyl sites for hydroxylation is 1. The van der Waals surface area contributed by atoms with Crippen LogP contribution in [0.1, 0.15) is 26.1 Å². The van der Waals surface area contributed by atoms with Crippen molar-refractivity contribution < 1.29 is 4.74 Å². The van der Waals surface area contributed by atoms with Crippen molar-refractivity contribution in [3.63, 3.8) is 0 Å². The lowest BCUT2D eigenvalue weighted by Gasteiger charge is -2.35. The van der Waals surface area contributed by atoms with E-state index >= 15 is 0 Å². The standard InChI is InChI=1S/C13H25N5O/c1-3-5-18-13(15-10-16-18)8-11(14)12-9-17(4-2)6-7-19-12/h10-12H,3-9,14H2,1-2H3. The molecule has 108 valence electrons. The van der Waals surface area contributed by atoms with Crippen LogP contribution in [0.4, 0.5) is 0 Å². The average Bonchev–Trinajstić information content (AvgIpc) is 2.86. The van der Waals surface area contributed by atoms with Gasteiger partial charge in [-0.25, -0.2) is 4.98 Å². The highest BCUT2D eigenvalue weighted by Gasteiger charge is 2.26. The molecular weight excluding hydrogens is 242 g/mol. The molecule has 1 aromatic heterocycles. The fourth-order valence-corrected chi connectivity index (χ4v) is 2.46. The Hall–Kier alpha value is -0.980. The number of rotatable bonds is 6. The van der Waals surface area contributed by atoms with Gasteiger partial charge in [-0.05, 0) is 13.0 Å². The second kappa shape index (κ2) is 6.98. The van der Waals surface area contributed by atoms with Gasteiger partial charge in [-0.3, -0.25) is 9.58 Å². The summed E-state index contributed by atoms with van der Waals surface area (Å²) in [5.41, 5.74) is 6.29. The van der Waals surface area contributed by atoms with Crippen molar-refractivity contribution in [3.8, 4) is 0 Å². The molecule has 1 aromatic rings. The number of nitrogens with zero attached hydrogens (tertiary/aromatic N) is 4. The van der Waals surface area contributed by atoms with Crippen LogP contribution in [-0.2, 0) is 17.7 Å².